The lowest BCUT2D eigenvalue weighted by molar-refractivity contribution is -0.383. The van der Waals surface area contributed by atoms with Gasteiger partial charge in [-0.25, -0.2) is 4.90 Å². The highest BCUT2D eigenvalue weighted by Gasteiger charge is 2.49. The number of anilines is 2. The second kappa shape index (κ2) is 8.75. The van der Waals surface area contributed by atoms with Crippen LogP contribution < -0.4 is 15.0 Å². The van der Waals surface area contributed by atoms with Crippen LogP contribution in [0.15, 0.2) is 42.5 Å². The van der Waals surface area contributed by atoms with Gasteiger partial charge in [0.15, 0.2) is 0 Å². The average molecular weight is 423 g/mol. The van der Waals surface area contributed by atoms with E-state index in [0.29, 0.717) is 31.5 Å². The summed E-state index contributed by atoms with van der Waals surface area (Å²) in [5.41, 5.74) is 1.52. The van der Waals surface area contributed by atoms with Gasteiger partial charge in [0.2, 0.25) is 11.8 Å². The smallest absolute Gasteiger partial charge is 0.294 e. The number of ether oxygens (including phenoxy) is 1. The normalized spacial score (nSPS) is 20.5. The average Bonchev–Trinajstić information content (AvgIpc) is 3.04. The van der Waals surface area contributed by atoms with Crippen LogP contribution in [-0.2, 0) is 16.0 Å². The van der Waals surface area contributed by atoms with Gasteiger partial charge in [-0.3, -0.25) is 19.7 Å². The Labute approximate surface area is 180 Å². The molecule has 1 saturated carbocycles. The van der Waals surface area contributed by atoms with Crippen LogP contribution in [0.5, 0.6) is 5.75 Å². The fourth-order valence-electron chi connectivity index (χ4n) is 4.55. The zero-order chi connectivity index (χ0) is 22.0. The molecule has 0 spiro atoms. The predicted octanol–water partition coefficient (Wildman–Crippen LogP) is 3.94. The largest absolute Gasteiger partial charge is 0.497 e. The van der Waals surface area contributed by atoms with Crippen LogP contribution in [0, 0.1) is 22.0 Å². The van der Waals surface area contributed by atoms with Crippen molar-refractivity contribution in [2.75, 3.05) is 23.9 Å². The van der Waals surface area contributed by atoms with E-state index in [-0.39, 0.29) is 35.0 Å². The van der Waals surface area contributed by atoms with Crippen LogP contribution in [0.2, 0.25) is 0 Å². The van der Waals surface area contributed by atoms with Crippen LogP contribution in [0.3, 0.4) is 0 Å². The number of nitro benzene ring substituents is 1. The summed E-state index contributed by atoms with van der Waals surface area (Å²) in [5.74, 6) is -0.291. The number of benzene rings is 2. The van der Waals surface area contributed by atoms with E-state index < -0.39 is 4.92 Å². The molecule has 1 N–H and O–H groups in total. The zero-order valence-corrected chi connectivity index (χ0v) is 17.4. The molecule has 0 radical (unpaired) electrons. The molecule has 2 unspecified atom stereocenters. The lowest BCUT2D eigenvalue weighted by Gasteiger charge is -2.19. The number of imide groups is 1. The maximum absolute atomic E-state index is 12.8. The van der Waals surface area contributed by atoms with E-state index in [2.05, 4.69) is 5.32 Å². The van der Waals surface area contributed by atoms with Crippen LogP contribution >= 0.6 is 0 Å². The van der Waals surface area contributed by atoms with Crippen molar-refractivity contribution >= 4 is 28.9 Å². The minimum absolute atomic E-state index is 0.154. The first kappa shape index (κ1) is 20.8. The number of amides is 2. The van der Waals surface area contributed by atoms with E-state index in [1.165, 1.54) is 6.07 Å². The highest BCUT2D eigenvalue weighted by molar-refractivity contribution is 6.22. The number of methoxy groups -OCH3 is 1. The number of hydrogen-bond acceptors (Lipinski definition) is 6. The van der Waals surface area contributed by atoms with Gasteiger partial charge in [0.1, 0.15) is 11.4 Å². The lowest BCUT2D eigenvalue weighted by atomic mass is 9.81. The monoisotopic (exact) mass is 423 g/mol. The topological polar surface area (TPSA) is 102 Å². The van der Waals surface area contributed by atoms with E-state index >= 15 is 0 Å². The maximum atomic E-state index is 12.8. The first-order chi connectivity index (χ1) is 15.0. The van der Waals surface area contributed by atoms with E-state index in [1.54, 1.807) is 19.2 Å². The summed E-state index contributed by atoms with van der Waals surface area (Å²) in [6, 6.07) is 12.1. The molecule has 2 aliphatic rings. The Balaban J connectivity index is 1.51. The van der Waals surface area contributed by atoms with Gasteiger partial charge in [0, 0.05) is 12.6 Å². The third-order valence-corrected chi connectivity index (χ3v) is 6.14. The first-order valence-corrected chi connectivity index (χ1v) is 10.5. The fourth-order valence-corrected chi connectivity index (χ4v) is 4.55. The van der Waals surface area contributed by atoms with E-state index in [9.17, 15) is 19.7 Å². The standard InChI is InChI=1S/C23H25N3O5/c1-31-17-6-4-5-15(13-17)11-12-24-20-10-9-16(14-21(20)26(29)30)25-22(27)18-7-2-3-8-19(18)23(25)28/h4-6,9-10,13-14,18-19,24H,2-3,7-8,11-12H2,1H3. The van der Waals surface area contributed by atoms with Gasteiger partial charge in [0.25, 0.3) is 5.69 Å². The van der Waals surface area contributed by atoms with Gasteiger partial charge in [-0.1, -0.05) is 25.0 Å². The molecule has 0 bridgehead atoms. The Kier molecular flexibility index (Phi) is 5.88. The summed E-state index contributed by atoms with van der Waals surface area (Å²) in [7, 11) is 1.60. The van der Waals surface area contributed by atoms with Crippen molar-refractivity contribution in [1.82, 2.24) is 0 Å². The molecule has 2 amide bonds. The second-order valence-electron chi connectivity index (χ2n) is 8.00. The molecule has 1 aliphatic heterocycles. The van der Waals surface area contributed by atoms with Crippen LogP contribution in [0.1, 0.15) is 31.2 Å². The van der Waals surface area contributed by atoms with E-state index in [1.807, 2.05) is 24.3 Å². The molecule has 1 saturated heterocycles. The second-order valence-corrected chi connectivity index (χ2v) is 8.00. The number of rotatable bonds is 7. The Morgan fingerprint density at radius 2 is 1.81 bits per heavy atom. The highest BCUT2D eigenvalue weighted by atomic mass is 16.6. The first-order valence-electron chi connectivity index (χ1n) is 10.5. The van der Waals surface area contributed by atoms with Crippen molar-refractivity contribution in [2.45, 2.75) is 32.1 Å². The molecule has 2 aromatic carbocycles. The zero-order valence-electron chi connectivity index (χ0n) is 17.4. The number of nitrogens with zero attached hydrogens (tertiary/aromatic N) is 2. The fraction of sp³-hybridized carbons (Fsp3) is 0.391. The Morgan fingerprint density at radius 3 is 2.45 bits per heavy atom. The number of nitro groups is 1. The van der Waals surface area contributed by atoms with E-state index in [0.717, 1.165) is 29.1 Å². The van der Waals surface area contributed by atoms with Gasteiger partial charge in [-0.15, -0.1) is 0 Å². The van der Waals surface area contributed by atoms with Crippen molar-refractivity contribution in [2.24, 2.45) is 11.8 Å². The molecular formula is C23H25N3O5. The van der Waals surface area contributed by atoms with Crippen molar-refractivity contribution in [1.29, 1.82) is 0 Å². The third kappa shape index (κ3) is 4.10. The molecular weight excluding hydrogens is 398 g/mol. The molecule has 31 heavy (non-hydrogen) atoms. The molecule has 2 atom stereocenters. The van der Waals surface area contributed by atoms with Crippen LogP contribution in [0.25, 0.3) is 0 Å². The minimum atomic E-state index is -0.491. The number of hydrogen-bond donors (Lipinski definition) is 1. The predicted molar refractivity (Wildman–Crippen MR) is 116 cm³/mol. The molecule has 4 rings (SSSR count). The van der Waals surface area contributed by atoms with Crippen molar-refractivity contribution in [3.8, 4) is 5.75 Å². The Morgan fingerprint density at radius 1 is 1.10 bits per heavy atom. The van der Waals surface area contributed by atoms with Crippen LogP contribution in [0.4, 0.5) is 17.1 Å². The minimum Gasteiger partial charge on any atom is -0.497 e. The highest BCUT2D eigenvalue weighted by Crippen LogP contribution is 2.41. The molecule has 162 valence electrons. The molecule has 8 heteroatoms. The van der Waals surface area contributed by atoms with Crippen LogP contribution in [-0.4, -0.2) is 30.4 Å². The van der Waals surface area contributed by atoms with Crippen molar-refractivity contribution in [3.63, 3.8) is 0 Å². The molecule has 8 nitrogen and oxygen atoms in total. The van der Waals surface area contributed by atoms with Gasteiger partial charge in [-0.05, 0) is 49.1 Å². The maximum Gasteiger partial charge on any atom is 0.294 e. The van der Waals surface area contributed by atoms with Gasteiger partial charge >= 0.3 is 0 Å². The molecule has 2 aromatic rings. The molecule has 1 aliphatic carbocycles. The molecule has 1 heterocycles. The molecule has 2 fully saturated rings. The Hall–Kier alpha value is -3.42. The number of fused-ring (bicyclic) bond motifs is 1. The summed E-state index contributed by atoms with van der Waals surface area (Å²) in [6.45, 7) is 0.485. The lowest BCUT2D eigenvalue weighted by Crippen LogP contribution is -2.30. The summed E-state index contributed by atoms with van der Waals surface area (Å²) in [6.07, 6.45) is 3.94. The van der Waals surface area contributed by atoms with Crippen molar-refractivity contribution < 1.29 is 19.2 Å². The Bertz CT molecular complexity index is 998. The third-order valence-electron chi connectivity index (χ3n) is 6.14. The number of carbonyl (C=O) groups excluding carboxylic acids is 2. The van der Waals surface area contributed by atoms with Crippen molar-refractivity contribution in [3.05, 3.63) is 58.1 Å². The van der Waals surface area contributed by atoms with Gasteiger partial charge in [-0.2, -0.15) is 0 Å². The van der Waals surface area contributed by atoms with Gasteiger partial charge in [0.05, 0.1) is 29.6 Å². The SMILES string of the molecule is COc1cccc(CCNc2ccc(N3C(=O)C4CCCCC4C3=O)cc2[N+](=O)[O-])c1. The summed E-state index contributed by atoms with van der Waals surface area (Å²) in [4.78, 5) is 38.0. The number of nitrogens with one attached hydrogen (secondary N) is 1. The summed E-state index contributed by atoms with van der Waals surface area (Å²) >= 11 is 0. The van der Waals surface area contributed by atoms with Gasteiger partial charge < -0.3 is 10.1 Å². The summed E-state index contributed by atoms with van der Waals surface area (Å²) in [5, 5.41) is 14.8. The quantitative estimate of drug-likeness (QED) is 0.411. The number of carbonyl (C=O) groups is 2. The molecule has 0 aromatic heterocycles. The van der Waals surface area contributed by atoms with E-state index in [4.69, 9.17) is 4.74 Å². The summed E-state index contributed by atoms with van der Waals surface area (Å²) < 4.78 is 5.21.